The van der Waals surface area contributed by atoms with Crippen molar-refractivity contribution in [1.29, 1.82) is 0 Å². The van der Waals surface area contributed by atoms with E-state index in [1.165, 1.54) is 6.08 Å². The third kappa shape index (κ3) is 4.26. The summed E-state index contributed by atoms with van der Waals surface area (Å²) in [5, 5.41) is 2.82. The van der Waals surface area contributed by atoms with Gasteiger partial charge in [-0.3, -0.25) is 9.78 Å². The molecule has 0 spiro atoms. The lowest BCUT2D eigenvalue weighted by atomic mass is 10.3. The van der Waals surface area contributed by atoms with Gasteiger partial charge in [-0.1, -0.05) is 12.1 Å². The van der Waals surface area contributed by atoms with E-state index in [9.17, 15) is 4.79 Å². The second-order valence-electron chi connectivity index (χ2n) is 3.81. The first-order chi connectivity index (χ1) is 9.28. The minimum atomic E-state index is -0.163. The van der Waals surface area contributed by atoms with Gasteiger partial charge in [0.15, 0.2) is 0 Å². The molecule has 0 saturated heterocycles. The maximum absolute atomic E-state index is 11.8. The van der Waals surface area contributed by atoms with Gasteiger partial charge in [0.1, 0.15) is 0 Å². The molecule has 0 bridgehead atoms. The van der Waals surface area contributed by atoms with Gasteiger partial charge < -0.3 is 5.32 Å². The number of nitrogens with one attached hydrogen (secondary N) is 1. The molecule has 0 radical (unpaired) electrons. The van der Waals surface area contributed by atoms with Crippen LogP contribution in [0.4, 0.5) is 5.69 Å². The van der Waals surface area contributed by atoms with Gasteiger partial charge in [0.2, 0.25) is 5.91 Å². The minimum Gasteiger partial charge on any atom is -0.322 e. The fraction of sp³-hybridized carbons (Fsp3) is 0.0667. The number of rotatable bonds is 4. The predicted octanol–water partition coefficient (Wildman–Crippen LogP) is 3.46. The summed E-state index contributed by atoms with van der Waals surface area (Å²) in [6.45, 7) is 0. The van der Waals surface area contributed by atoms with Gasteiger partial charge in [-0.2, -0.15) is 0 Å². The Morgan fingerprint density at radius 1 is 1.26 bits per heavy atom. The summed E-state index contributed by atoms with van der Waals surface area (Å²) in [5.41, 5.74) is 1.55. The molecule has 1 heterocycles. The number of aromatic nitrogens is 1. The van der Waals surface area contributed by atoms with E-state index >= 15 is 0 Å². The van der Waals surface area contributed by atoms with Crippen LogP contribution in [0.3, 0.4) is 0 Å². The van der Waals surface area contributed by atoms with E-state index in [1.807, 2.05) is 48.7 Å². The Labute approximate surface area is 116 Å². The van der Waals surface area contributed by atoms with Crippen LogP contribution in [0, 0.1) is 0 Å². The van der Waals surface area contributed by atoms with Crippen molar-refractivity contribution in [3.8, 4) is 0 Å². The molecule has 4 heteroatoms. The zero-order valence-corrected chi connectivity index (χ0v) is 11.4. The van der Waals surface area contributed by atoms with Crippen LogP contribution in [-0.4, -0.2) is 17.1 Å². The van der Waals surface area contributed by atoms with E-state index in [2.05, 4.69) is 10.3 Å². The zero-order chi connectivity index (χ0) is 13.5. The SMILES string of the molecule is CSc1cccc(NC(=O)/C=C/c2ccccn2)c1. The van der Waals surface area contributed by atoms with Crippen LogP contribution in [0.15, 0.2) is 59.6 Å². The third-order valence-corrected chi connectivity index (χ3v) is 3.16. The number of benzene rings is 1. The van der Waals surface area contributed by atoms with Crippen molar-refractivity contribution in [1.82, 2.24) is 4.98 Å². The highest BCUT2D eigenvalue weighted by Gasteiger charge is 1.99. The van der Waals surface area contributed by atoms with Crippen LogP contribution in [0.25, 0.3) is 6.08 Å². The highest BCUT2D eigenvalue weighted by atomic mass is 32.2. The van der Waals surface area contributed by atoms with Gasteiger partial charge >= 0.3 is 0 Å². The fourth-order valence-electron chi connectivity index (χ4n) is 1.52. The fourth-order valence-corrected chi connectivity index (χ4v) is 1.98. The van der Waals surface area contributed by atoms with Crippen LogP contribution >= 0.6 is 11.8 Å². The molecule has 19 heavy (non-hydrogen) atoms. The molecule has 0 aliphatic heterocycles. The van der Waals surface area contributed by atoms with Crippen LogP contribution in [0.2, 0.25) is 0 Å². The van der Waals surface area contributed by atoms with E-state index in [0.717, 1.165) is 16.3 Å². The summed E-state index contributed by atoms with van der Waals surface area (Å²) in [5.74, 6) is -0.163. The van der Waals surface area contributed by atoms with Crippen LogP contribution in [0.1, 0.15) is 5.69 Å². The number of carbonyl (C=O) groups excluding carboxylic acids is 1. The van der Waals surface area contributed by atoms with E-state index < -0.39 is 0 Å². The van der Waals surface area contributed by atoms with Gasteiger partial charge in [-0.05, 0) is 42.7 Å². The van der Waals surface area contributed by atoms with Gasteiger partial charge in [0.25, 0.3) is 0 Å². The molecule has 1 aromatic heterocycles. The van der Waals surface area contributed by atoms with Crippen LogP contribution in [-0.2, 0) is 4.79 Å². The first kappa shape index (κ1) is 13.4. The molecule has 0 unspecified atom stereocenters. The van der Waals surface area contributed by atoms with Gasteiger partial charge in [-0.15, -0.1) is 11.8 Å². The van der Waals surface area contributed by atoms with Crippen molar-refractivity contribution in [2.45, 2.75) is 4.90 Å². The molecule has 0 fully saturated rings. The Bertz CT molecular complexity index is 582. The number of amides is 1. The highest BCUT2D eigenvalue weighted by molar-refractivity contribution is 7.98. The summed E-state index contributed by atoms with van der Waals surface area (Å²) in [6.07, 6.45) is 6.86. The Hall–Kier alpha value is -2.07. The van der Waals surface area contributed by atoms with Gasteiger partial charge in [0, 0.05) is 22.9 Å². The van der Waals surface area contributed by atoms with Crippen molar-refractivity contribution < 1.29 is 4.79 Å². The number of pyridine rings is 1. The Morgan fingerprint density at radius 3 is 2.89 bits per heavy atom. The first-order valence-corrected chi connectivity index (χ1v) is 7.04. The monoisotopic (exact) mass is 270 g/mol. The zero-order valence-electron chi connectivity index (χ0n) is 10.5. The maximum Gasteiger partial charge on any atom is 0.248 e. The number of carbonyl (C=O) groups is 1. The summed E-state index contributed by atoms with van der Waals surface area (Å²) < 4.78 is 0. The van der Waals surface area contributed by atoms with Gasteiger partial charge in [0.05, 0.1) is 5.69 Å². The molecule has 0 aliphatic rings. The smallest absolute Gasteiger partial charge is 0.248 e. The van der Waals surface area contributed by atoms with Crippen molar-refractivity contribution in [2.24, 2.45) is 0 Å². The number of thioether (sulfide) groups is 1. The lowest BCUT2D eigenvalue weighted by molar-refractivity contribution is -0.111. The molecule has 96 valence electrons. The normalized spacial score (nSPS) is 10.6. The van der Waals surface area contributed by atoms with E-state index in [-0.39, 0.29) is 5.91 Å². The first-order valence-electron chi connectivity index (χ1n) is 5.82. The second-order valence-corrected chi connectivity index (χ2v) is 4.69. The molecular weight excluding hydrogens is 256 g/mol. The third-order valence-electron chi connectivity index (χ3n) is 2.43. The molecular formula is C15H14N2OS. The summed E-state index contributed by atoms with van der Waals surface area (Å²) in [6, 6.07) is 13.3. The van der Waals surface area contributed by atoms with Crippen molar-refractivity contribution in [3.63, 3.8) is 0 Å². The Balaban J connectivity index is 1.99. The average molecular weight is 270 g/mol. The molecule has 0 aliphatic carbocycles. The molecule has 2 rings (SSSR count). The molecule has 0 atom stereocenters. The summed E-state index contributed by atoms with van der Waals surface area (Å²) in [7, 11) is 0. The van der Waals surface area contributed by atoms with Crippen molar-refractivity contribution in [3.05, 3.63) is 60.4 Å². The Kier molecular flexibility index (Phi) is 4.75. The highest BCUT2D eigenvalue weighted by Crippen LogP contribution is 2.18. The van der Waals surface area contributed by atoms with Crippen molar-refractivity contribution >= 4 is 29.4 Å². The maximum atomic E-state index is 11.8. The average Bonchev–Trinajstić information content (AvgIpc) is 2.46. The number of hydrogen-bond acceptors (Lipinski definition) is 3. The second kappa shape index (κ2) is 6.75. The quantitative estimate of drug-likeness (QED) is 0.683. The molecule has 3 nitrogen and oxygen atoms in total. The molecule has 1 aromatic carbocycles. The van der Waals surface area contributed by atoms with E-state index in [4.69, 9.17) is 0 Å². The Morgan fingerprint density at radius 2 is 2.16 bits per heavy atom. The summed E-state index contributed by atoms with van der Waals surface area (Å²) in [4.78, 5) is 17.0. The lowest BCUT2D eigenvalue weighted by Crippen LogP contribution is -2.07. The number of hydrogen-bond donors (Lipinski definition) is 1. The molecule has 1 amide bonds. The molecule has 0 saturated carbocycles. The van der Waals surface area contributed by atoms with Gasteiger partial charge in [-0.25, -0.2) is 0 Å². The van der Waals surface area contributed by atoms with Crippen LogP contribution < -0.4 is 5.32 Å². The van der Waals surface area contributed by atoms with Crippen molar-refractivity contribution in [2.75, 3.05) is 11.6 Å². The predicted molar refractivity (Wildman–Crippen MR) is 80.1 cm³/mol. The number of nitrogens with zero attached hydrogens (tertiary/aromatic N) is 1. The molecule has 2 aromatic rings. The standard InChI is InChI=1S/C15H14N2OS/c1-19-14-7-4-6-13(11-14)17-15(18)9-8-12-5-2-3-10-16-12/h2-11H,1H3,(H,17,18)/b9-8+. The molecule has 1 N–H and O–H groups in total. The minimum absolute atomic E-state index is 0.163. The lowest BCUT2D eigenvalue weighted by Gasteiger charge is -2.03. The largest absolute Gasteiger partial charge is 0.322 e. The van der Waals surface area contributed by atoms with E-state index in [0.29, 0.717) is 0 Å². The summed E-state index contributed by atoms with van der Waals surface area (Å²) >= 11 is 1.64. The topological polar surface area (TPSA) is 42.0 Å². The number of anilines is 1. The van der Waals surface area contributed by atoms with Crippen LogP contribution in [0.5, 0.6) is 0 Å². The van der Waals surface area contributed by atoms with E-state index in [1.54, 1.807) is 24.0 Å².